The van der Waals surface area contributed by atoms with Gasteiger partial charge in [-0.15, -0.1) is 12.4 Å². The van der Waals surface area contributed by atoms with Gasteiger partial charge in [-0.3, -0.25) is 9.69 Å². The number of rotatable bonds is 3. The summed E-state index contributed by atoms with van der Waals surface area (Å²) in [5.74, 6) is 1.44. The Morgan fingerprint density at radius 3 is 2.42 bits per heavy atom. The van der Waals surface area contributed by atoms with Crippen LogP contribution in [0.5, 0.6) is 11.5 Å². The minimum absolute atomic E-state index is 0. The number of hydrogen-bond donors (Lipinski definition) is 1. The number of aryl methyl sites for hydroxylation is 1. The highest BCUT2D eigenvalue weighted by Crippen LogP contribution is 2.38. The van der Waals surface area contributed by atoms with Gasteiger partial charge in [0.2, 0.25) is 0 Å². The summed E-state index contributed by atoms with van der Waals surface area (Å²) in [4.78, 5) is 16.8. The molecule has 3 heterocycles. The second kappa shape index (κ2) is 7.57. The topological polar surface area (TPSA) is 75.4 Å². The Kier molecular flexibility index (Phi) is 5.41. The van der Waals surface area contributed by atoms with Gasteiger partial charge in [-0.1, -0.05) is 0 Å². The monoisotopic (exact) mass is 380 g/mol. The van der Waals surface area contributed by atoms with Crippen molar-refractivity contribution in [1.29, 1.82) is 0 Å². The standard InChI is InChI=1S/C18H20N2O5.ClH/c1-12-13-10-15-16(24-9-8-23-15)11-14(13)25-17(12)18(22)20-4-2-19(3-5-20)6-7-21;/h8-11,21H,2-7H2,1H3;1H. The lowest BCUT2D eigenvalue weighted by Crippen LogP contribution is -2.49. The molecule has 0 atom stereocenters. The minimum atomic E-state index is -0.102. The largest absolute Gasteiger partial charge is 0.458 e. The van der Waals surface area contributed by atoms with E-state index < -0.39 is 0 Å². The van der Waals surface area contributed by atoms with Crippen molar-refractivity contribution in [1.82, 2.24) is 9.80 Å². The van der Waals surface area contributed by atoms with Crippen LogP contribution >= 0.6 is 12.4 Å². The van der Waals surface area contributed by atoms with Crippen molar-refractivity contribution in [3.8, 4) is 11.5 Å². The van der Waals surface area contributed by atoms with Gasteiger partial charge in [0.1, 0.15) is 18.1 Å². The van der Waals surface area contributed by atoms with E-state index in [-0.39, 0.29) is 24.9 Å². The Balaban J connectivity index is 0.00000196. The molecule has 1 saturated heterocycles. The van der Waals surface area contributed by atoms with E-state index in [0.29, 0.717) is 42.5 Å². The van der Waals surface area contributed by atoms with Gasteiger partial charge in [-0.05, 0) is 13.0 Å². The van der Waals surface area contributed by atoms with Crippen LogP contribution in [-0.4, -0.2) is 60.1 Å². The number of halogens is 1. The maximum Gasteiger partial charge on any atom is 0.289 e. The van der Waals surface area contributed by atoms with Gasteiger partial charge in [0.15, 0.2) is 17.3 Å². The lowest BCUT2D eigenvalue weighted by atomic mass is 10.1. The van der Waals surface area contributed by atoms with Crippen molar-refractivity contribution in [2.45, 2.75) is 6.92 Å². The SMILES string of the molecule is Cc1c(C(=O)N2CCN(CCO)CC2)oc2cc3c(cc12)OC=CO3.Cl. The number of piperazine rings is 1. The van der Waals surface area contributed by atoms with Gasteiger partial charge in [0.25, 0.3) is 5.91 Å². The summed E-state index contributed by atoms with van der Waals surface area (Å²) in [6, 6.07) is 3.58. The molecule has 7 nitrogen and oxygen atoms in total. The van der Waals surface area contributed by atoms with Crippen molar-refractivity contribution in [3.05, 3.63) is 36.0 Å². The summed E-state index contributed by atoms with van der Waals surface area (Å²) in [7, 11) is 0. The summed E-state index contributed by atoms with van der Waals surface area (Å²) in [5.41, 5.74) is 1.41. The zero-order chi connectivity index (χ0) is 17.4. The summed E-state index contributed by atoms with van der Waals surface area (Å²) >= 11 is 0. The molecule has 0 bridgehead atoms. The Hall–Kier alpha value is -2.22. The van der Waals surface area contributed by atoms with Crippen molar-refractivity contribution in [3.63, 3.8) is 0 Å². The molecular weight excluding hydrogens is 360 g/mol. The van der Waals surface area contributed by atoms with Gasteiger partial charge in [0.05, 0.1) is 6.61 Å². The maximum atomic E-state index is 12.9. The number of aliphatic hydroxyl groups is 1. The van der Waals surface area contributed by atoms with Crippen molar-refractivity contribution in [2.75, 3.05) is 39.3 Å². The van der Waals surface area contributed by atoms with Crippen LogP contribution in [0.3, 0.4) is 0 Å². The van der Waals surface area contributed by atoms with Crippen LogP contribution < -0.4 is 9.47 Å². The van der Waals surface area contributed by atoms with E-state index in [4.69, 9.17) is 19.0 Å². The van der Waals surface area contributed by atoms with E-state index in [2.05, 4.69) is 4.90 Å². The molecule has 1 fully saturated rings. The molecule has 8 heteroatoms. The summed E-state index contributed by atoms with van der Waals surface area (Å²) in [6.07, 6.45) is 2.93. The predicted octanol–water partition coefficient (Wildman–Crippen LogP) is 2.16. The lowest BCUT2D eigenvalue weighted by molar-refractivity contribution is 0.0586. The number of hydrogen-bond acceptors (Lipinski definition) is 6. The van der Waals surface area contributed by atoms with E-state index in [9.17, 15) is 4.79 Å². The highest BCUT2D eigenvalue weighted by Gasteiger charge is 2.27. The molecule has 0 unspecified atom stereocenters. The first kappa shape index (κ1) is 18.6. The first-order valence-electron chi connectivity index (χ1n) is 8.35. The smallest absolute Gasteiger partial charge is 0.289 e. The first-order valence-corrected chi connectivity index (χ1v) is 8.35. The number of fused-ring (bicyclic) bond motifs is 2. The Labute approximate surface area is 157 Å². The van der Waals surface area contributed by atoms with E-state index in [1.165, 1.54) is 12.5 Å². The molecule has 1 aromatic heterocycles. The molecule has 2 aliphatic heterocycles. The number of aliphatic hydroxyl groups excluding tert-OH is 1. The van der Waals surface area contributed by atoms with Crippen molar-refractivity contribution < 1.29 is 23.8 Å². The van der Waals surface area contributed by atoms with Crippen LogP contribution in [0.4, 0.5) is 0 Å². The van der Waals surface area contributed by atoms with Crippen LogP contribution in [0.2, 0.25) is 0 Å². The van der Waals surface area contributed by atoms with Crippen molar-refractivity contribution in [2.24, 2.45) is 0 Å². The minimum Gasteiger partial charge on any atom is -0.458 e. The highest BCUT2D eigenvalue weighted by atomic mass is 35.5. The molecule has 1 N–H and O–H groups in total. The molecule has 0 aliphatic carbocycles. The van der Waals surface area contributed by atoms with Crippen molar-refractivity contribution >= 4 is 29.3 Å². The second-order valence-corrected chi connectivity index (χ2v) is 6.22. The molecule has 2 aliphatic rings. The number of furan rings is 1. The normalized spacial score (nSPS) is 16.6. The number of benzene rings is 1. The third-order valence-corrected chi connectivity index (χ3v) is 4.72. The zero-order valence-corrected chi connectivity index (χ0v) is 15.3. The molecule has 140 valence electrons. The average Bonchev–Trinajstić information content (AvgIpc) is 2.96. The van der Waals surface area contributed by atoms with Gasteiger partial charge in [0, 0.05) is 49.7 Å². The molecule has 0 saturated carbocycles. The van der Waals surface area contributed by atoms with Crippen LogP contribution in [0.15, 0.2) is 29.1 Å². The Bertz CT molecular complexity index is 840. The fraction of sp³-hybridized carbons (Fsp3) is 0.389. The summed E-state index contributed by atoms with van der Waals surface area (Å²) in [6.45, 7) is 5.43. The number of carbonyl (C=O) groups excluding carboxylic acids is 1. The molecule has 0 radical (unpaired) electrons. The van der Waals surface area contributed by atoms with Gasteiger partial charge < -0.3 is 23.9 Å². The molecule has 4 rings (SSSR count). The molecule has 1 amide bonds. The van der Waals surface area contributed by atoms with Crippen LogP contribution in [-0.2, 0) is 0 Å². The van der Waals surface area contributed by atoms with Crippen LogP contribution in [0.1, 0.15) is 16.1 Å². The Morgan fingerprint density at radius 1 is 1.12 bits per heavy atom. The molecule has 1 aromatic carbocycles. The molecule has 2 aromatic rings. The predicted molar refractivity (Wildman–Crippen MR) is 98.0 cm³/mol. The number of nitrogens with zero attached hydrogens (tertiary/aromatic N) is 2. The second-order valence-electron chi connectivity index (χ2n) is 6.22. The highest BCUT2D eigenvalue weighted by molar-refractivity contribution is 5.99. The quantitative estimate of drug-likeness (QED) is 0.879. The maximum absolute atomic E-state index is 12.9. The molecule has 26 heavy (non-hydrogen) atoms. The van der Waals surface area contributed by atoms with E-state index >= 15 is 0 Å². The zero-order valence-electron chi connectivity index (χ0n) is 14.4. The number of ether oxygens (including phenoxy) is 2. The summed E-state index contributed by atoms with van der Waals surface area (Å²) in [5, 5.41) is 9.86. The fourth-order valence-electron chi connectivity index (χ4n) is 3.28. The van der Waals surface area contributed by atoms with E-state index in [1.54, 1.807) is 11.0 Å². The number of carbonyl (C=O) groups is 1. The van der Waals surface area contributed by atoms with Crippen LogP contribution in [0, 0.1) is 6.92 Å². The Morgan fingerprint density at radius 2 is 1.77 bits per heavy atom. The molecular formula is C18H21ClN2O5. The number of amides is 1. The lowest BCUT2D eigenvalue weighted by Gasteiger charge is -2.33. The number of β-amino-alcohol motifs (C(OH)–C–C–N with tert-alkyl or cyclic N) is 1. The van der Waals surface area contributed by atoms with Crippen LogP contribution in [0.25, 0.3) is 11.0 Å². The molecule has 0 spiro atoms. The summed E-state index contributed by atoms with van der Waals surface area (Å²) < 4.78 is 16.7. The van der Waals surface area contributed by atoms with E-state index in [0.717, 1.165) is 24.0 Å². The average molecular weight is 381 g/mol. The third-order valence-electron chi connectivity index (χ3n) is 4.72. The van der Waals surface area contributed by atoms with Gasteiger partial charge >= 0.3 is 0 Å². The van der Waals surface area contributed by atoms with Gasteiger partial charge in [-0.25, -0.2) is 0 Å². The fourth-order valence-corrected chi connectivity index (χ4v) is 3.28. The first-order chi connectivity index (χ1) is 12.2. The third kappa shape index (κ3) is 3.25. The van der Waals surface area contributed by atoms with Gasteiger partial charge in [-0.2, -0.15) is 0 Å². The van der Waals surface area contributed by atoms with E-state index in [1.807, 2.05) is 13.0 Å².